The second kappa shape index (κ2) is 9.66. The molecule has 3 aromatic heterocycles. The predicted octanol–water partition coefficient (Wildman–Crippen LogP) is 4.37. The van der Waals surface area contributed by atoms with E-state index in [1.54, 1.807) is 62.2 Å². The number of nitrogens with zero attached hydrogens (tertiary/aromatic N) is 4. The predicted molar refractivity (Wildman–Crippen MR) is 128 cm³/mol. The van der Waals surface area contributed by atoms with Crippen LogP contribution in [-0.4, -0.2) is 36.7 Å². The molecule has 0 atom stereocenters. The lowest BCUT2D eigenvalue weighted by Crippen LogP contribution is -2.18. The van der Waals surface area contributed by atoms with Crippen LogP contribution in [0.4, 0.5) is 22.9 Å². The Kier molecular flexibility index (Phi) is 6.50. The summed E-state index contributed by atoms with van der Waals surface area (Å²) in [4.78, 5) is 15.3. The lowest BCUT2D eigenvalue weighted by Gasteiger charge is -2.25. The van der Waals surface area contributed by atoms with Crippen LogP contribution in [0.5, 0.6) is 5.88 Å². The molecule has 0 bridgehead atoms. The number of methoxy groups -OCH3 is 1. The van der Waals surface area contributed by atoms with Crippen LogP contribution in [0.25, 0.3) is 0 Å². The van der Waals surface area contributed by atoms with Crippen molar-refractivity contribution in [3.8, 4) is 5.88 Å². The normalized spacial score (nSPS) is 11.1. The first-order valence-electron chi connectivity index (χ1n) is 10.1. The molecule has 168 valence electrons. The lowest BCUT2D eigenvalue weighted by atomic mass is 10.2. The average molecular weight is 462 g/mol. The molecule has 0 fully saturated rings. The molecule has 9 heteroatoms. The van der Waals surface area contributed by atoms with Gasteiger partial charge in [0.05, 0.1) is 48.0 Å². The van der Waals surface area contributed by atoms with Gasteiger partial charge in [0.1, 0.15) is 5.82 Å². The van der Waals surface area contributed by atoms with Crippen molar-refractivity contribution in [1.29, 1.82) is 0 Å². The number of hydrogen-bond acceptors (Lipinski definition) is 8. The van der Waals surface area contributed by atoms with Gasteiger partial charge in [0.15, 0.2) is 9.84 Å². The Balaban J connectivity index is 1.72. The topological polar surface area (TPSA) is 97.3 Å². The number of sulfone groups is 1. The minimum Gasteiger partial charge on any atom is -0.481 e. The number of rotatable bonds is 8. The molecular formula is C24H23N5O3S. The second-order valence-electron chi connectivity index (χ2n) is 7.26. The molecule has 0 amide bonds. The van der Waals surface area contributed by atoms with Gasteiger partial charge in [-0.3, -0.25) is 4.98 Å². The van der Waals surface area contributed by atoms with Gasteiger partial charge in [-0.15, -0.1) is 0 Å². The van der Waals surface area contributed by atoms with E-state index in [4.69, 9.17) is 4.74 Å². The van der Waals surface area contributed by atoms with Crippen molar-refractivity contribution in [2.75, 3.05) is 23.6 Å². The largest absolute Gasteiger partial charge is 0.481 e. The monoisotopic (exact) mass is 461 g/mol. The van der Waals surface area contributed by atoms with Crippen LogP contribution in [0.3, 0.4) is 0 Å². The van der Waals surface area contributed by atoms with Crippen LogP contribution in [0, 0.1) is 0 Å². The maximum atomic E-state index is 12.2. The van der Waals surface area contributed by atoms with Gasteiger partial charge >= 0.3 is 0 Å². The van der Waals surface area contributed by atoms with E-state index in [0.717, 1.165) is 16.9 Å². The highest BCUT2D eigenvalue weighted by Crippen LogP contribution is 2.31. The van der Waals surface area contributed by atoms with E-state index < -0.39 is 9.84 Å². The number of para-hydroxylation sites is 1. The van der Waals surface area contributed by atoms with Crippen LogP contribution < -0.4 is 15.0 Å². The summed E-state index contributed by atoms with van der Waals surface area (Å²) in [7, 11) is -1.84. The number of nitrogens with one attached hydrogen (secondary N) is 1. The first-order valence-corrected chi connectivity index (χ1v) is 12.0. The number of aromatic nitrogens is 3. The molecule has 1 aromatic carbocycles. The fraction of sp³-hybridized carbons (Fsp3) is 0.125. The van der Waals surface area contributed by atoms with Crippen LogP contribution >= 0.6 is 0 Å². The molecule has 0 radical (unpaired) electrons. The minimum absolute atomic E-state index is 0.213. The first kappa shape index (κ1) is 22.2. The molecule has 0 spiro atoms. The summed E-state index contributed by atoms with van der Waals surface area (Å²) in [5.41, 5.74) is 3.05. The third-order valence-corrected chi connectivity index (χ3v) is 6.11. The smallest absolute Gasteiger partial charge is 0.213 e. The van der Waals surface area contributed by atoms with Gasteiger partial charge in [0, 0.05) is 30.3 Å². The average Bonchev–Trinajstić information content (AvgIpc) is 2.84. The fourth-order valence-electron chi connectivity index (χ4n) is 3.37. The number of benzene rings is 1. The maximum absolute atomic E-state index is 12.2. The third kappa shape index (κ3) is 5.27. The summed E-state index contributed by atoms with van der Waals surface area (Å²) >= 11 is 0. The van der Waals surface area contributed by atoms with Gasteiger partial charge in [-0.05, 0) is 36.4 Å². The van der Waals surface area contributed by atoms with E-state index in [0.29, 0.717) is 23.9 Å². The van der Waals surface area contributed by atoms with Crippen molar-refractivity contribution in [1.82, 2.24) is 15.0 Å². The highest BCUT2D eigenvalue weighted by Gasteiger charge is 2.17. The molecule has 0 aliphatic heterocycles. The maximum Gasteiger partial charge on any atom is 0.213 e. The van der Waals surface area contributed by atoms with Gasteiger partial charge in [0.2, 0.25) is 5.88 Å². The molecule has 0 aliphatic rings. The summed E-state index contributed by atoms with van der Waals surface area (Å²) in [6.45, 7) is 0.441. The molecule has 0 unspecified atom stereocenters. The summed E-state index contributed by atoms with van der Waals surface area (Å²) in [6.07, 6.45) is 8.07. The number of anilines is 4. The molecule has 4 rings (SSSR count). The van der Waals surface area contributed by atoms with E-state index in [-0.39, 0.29) is 4.90 Å². The highest BCUT2D eigenvalue weighted by molar-refractivity contribution is 7.90. The molecule has 33 heavy (non-hydrogen) atoms. The zero-order chi connectivity index (χ0) is 23.3. The van der Waals surface area contributed by atoms with E-state index in [2.05, 4.69) is 20.3 Å². The molecule has 3 heterocycles. The molecule has 8 nitrogen and oxygen atoms in total. The van der Waals surface area contributed by atoms with Crippen molar-refractivity contribution in [2.45, 2.75) is 11.4 Å². The van der Waals surface area contributed by atoms with Crippen molar-refractivity contribution in [3.63, 3.8) is 0 Å². The Morgan fingerprint density at radius 1 is 0.909 bits per heavy atom. The van der Waals surface area contributed by atoms with Gasteiger partial charge < -0.3 is 15.0 Å². The van der Waals surface area contributed by atoms with E-state index in [1.807, 2.05) is 35.2 Å². The SMILES string of the molecule is COc1ccc(N(Cc2cccnc2Nc2ccccc2S(C)(=O)=O)c2cccnc2)cn1. The first-order chi connectivity index (χ1) is 16.0. The van der Waals surface area contributed by atoms with Crippen LogP contribution in [0.15, 0.2) is 90.3 Å². The molecule has 0 aliphatic carbocycles. The molecule has 0 saturated heterocycles. The quantitative estimate of drug-likeness (QED) is 0.413. The Labute approximate surface area is 192 Å². The Morgan fingerprint density at radius 2 is 1.70 bits per heavy atom. The van der Waals surface area contributed by atoms with Crippen LogP contribution in [0.2, 0.25) is 0 Å². The van der Waals surface area contributed by atoms with Crippen molar-refractivity contribution in [2.24, 2.45) is 0 Å². The number of hydrogen-bond donors (Lipinski definition) is 1. The second-order valence-corrected chi connectivity index (χ2v) is 9.24. The Hall–Kier alpha value is -3.98. The summed E-state index contributed by atoms with van der Waals surface area (Å²) in [6, 6.07) is 18.1. The molecule has 0 saturated carbocycles. The van der Waals surface area contributed by atoms with E-state index in [1.165, 1.54) is 6.26 Å². The zero-order valence-corrected chi connectivity index (χ0v) is 19.0. The molecular weight excluding hydrogens is 438 g/mol. The van der Waals surface area contributed by atoms with Crippen LogP contribution in [-0.2, 0) is 16.4 Å². The molecule has 1 N–H and O–H groups in total. The minimum atomic E-state index is -3.41. The molecule has 4 aromatic rings. The zero-order valence-electron chi connectivity index (χ0n) is 18.2. The summed E-state index contributed by atoms with van der Waals surface area (Å²) in [5.74, 6) is 1.08. The van der Waals surface area contributed by atoms with Gasteiger partial charge in [-0.1, -0.05) is 18.2 Å². The van der Waals surface area contributed by atoms with Gasteiger partial charge in [0.25, 0.3) is 0 Å². The Bertz CT molecular complexity index is 1330. The number of pyridine rings is 3. The summed E-state index contributed by atoms with van der Waals surface area (Å²) < 4.78 is 29.7. The van der Waals surface area contributed by atoms with Crippen molar-refractivity contribution in [3.05, 3.63) is 91.0 Å². The van der Waals surface area contributed by atoms with Gasteiger partial charge in [-0.2, -0.15) is 0 Å². The lowest BCUT2D eigenvalue weighted by molar-refractivity contribution is 0.398. The van der Waals surface area contributed by atoms with Crippen molar-refractivity contribution >= 4 is 32.7 Å². The van der Waals surface area contributed by atoms with Gasteiger partial charge in [-0.25, -0.2) is 18.4 Å². The van der Waals surface area contributed by atoms with Crippen molar-refractivity contribution < 1.29 is 13.2 Å². The van der Waals surface area contributed by atoms with Crippen LogP contribution in [0.1, 0.15) is 5.56 Å². The van der Waals surface area contributed by atoms with E-state index >= 15 is 0 Å². The standard InChI is InChI=1S/C24H23N5O3S/c1-32-23-12-11-20(16-27-23)29(19-8-6-13-25-15-19)17-18-7-5-14-26-24(18)28-21-9-3-4-10-22(21)33(2,30)31/h3-16H,17H2,1-2H3,(H,26,28). The highest BCUT2D eigenvalue weighted by atomic mass is 32.2. The fourth-order valence-corrected chi connectivity index (χ4v) is 4.21. The Morgan fingerprint density at radius 3 is 2.39 bits per heavy atom. The van der Waals surface area contributed by atoms with E-state index in [9.17, 15) is 8.42 Å². The third-order valence-electron chi connectivity index (χ3n) is 4.96. The number of ether oxygens (including phenoxy) is 1. The summed E-state index contributed by atoms with van der Waals surface area (Å²) in [5, 5.41) is 3.21.